The highest BCUT2D eigenvalue weighted by molar-refractivity contribution is 7.12. The number of aryl methyl sites for hydroxylation is 1. The fourth-order valence-corrected chi connectivity index (χ4v) is 2.62. The Hall–Kier alpha value is -2.48. The first-order chi connectivity index (χ1) is 10.5. The van der Waals surface area contributed by atoms with Crippen molar-refractivity contribution in [2.75, 3.05) is 6.54 Å². The lowest BCUT2D eigenvalue weighted by Gasteiger charge is -2.03. The van der Waals surface area contributed by atoms with E-state index in [9.17, 15) is 14.9 Å². The molecule has 7 nitrogen and oxygen atoms in total. The van der Waals surface area contributed by atoms with Crippen LogP contribution >= 0.6 is 11.3 Å². The first-order valence-corrected chi connectivity index (χ1v) is 7.54. The Labute approximate surface area is 131 Å². The average Bonchev–Trinajstić information content (AvgIpc) is 2.85. The quantitative estimate of drug-likeness (QED) is 0.693. The molecular formula is C14H16N4O3S. The van der Waals surface area contributed by atoms with Gasteiger partial charge < -0.3 is 9.88 Å². The summed E-state index contributed by atoms with van der Waals surface area (Å²) in [5.41, 5.74) is 2.12. The number of nitrogens with zero attached hydrogens (tertiary/aromatic N) is 3. The van der Waals surface area contributed by atoms with Crippen LogP contribution in [0.15, 0.2) is 35.5 Å². The number of rotatable bonds is 4. The first-order valence-electron chi connectivity index (χ1n) is 6.72. The van der Waals surface area contributed by atoms with Crippen LogP contribution in [0.25, 0.3) is 0 Å². The van der Waals surface area contributed by atoms with E-state index in [-0.39, 0.29) is 5.00 Å². The first kappa shape index (κ1) is 15.9. The van der Waals surface area contributed by atoms with Crippen LogP contribution < -0.4 is 10.1 Å². The Morgan fingerprint density at radius 3 is 2.68 bits per heavy atom. The normalized spacial score (nSPS) is 11.5. The Balaban J connectivity index is 2.38. The average molecular weight is 320 g/mol. The zero-order chi connectivity index (χ0) is 16.1. The molecule has 2 amide bonds. The molecule has 1 N–H and O–H groups in total. The second-order valence-electron chi connectivity index (χ2n) is 4.67. The largest absolute Gasteiger partial charge is 0.343 e. The third-order valence-electron chi connectivity index (χ3n) is 2.89. The molecule has 22 heavy (non-hydrogen) atoms. The van der Waals surface area contributed by atoms with E-state index in [0.717, 1.165) is 22.5 Å². The molecule has 0 fully saturated rings. The number of urea groups is 1. The lowest BCUT2D eigenvalue weighted by molar-refractivity contribution is -0.380. The topological polar surface area (TPSA) is 89.5 Å². The maximum Gasteiger partial charge on any atom is 0.343 e. The summed E-state index contributed by atoms with van der Waals surface area (Å²) in [5, 5.41) is 13.4. The van der Waals surface area contributed by atoms with Gasteiger partial charge in [0.25, 0.3) is 0 Å². The van der Waals surface area contributed by atoms with Gasteiger partial charge in [-0.15, -0.1) is 0 Å². The van der Waals surface area contributed by atoms with Crippen molar-refractivity contribution < 1.29 is 9.72 Å². The maximum atomic E-state index is 11.6. The Kier molecular flexibility index (Phi) is 5.05. The lowest BCUT2D eigenvalue weighted by Crippen LogP contribution is -2.24. The minimum atomic E-state index is -0.503. The van der Waals surface area contributed by atoms with Gasteiger partial charge >= 0.3 is 11.0 Å². The monoisotopic (exact) mass is 320 g/mol. The van der Waals surface area contributed by atoms with Crippen LogP contribution in [0.1, 0.15) is 18.1 Å². The van der Waals surface area contributed by atoms with Gasteiger partial charge in [-0.2, -0.15) is 4.99 Å². The minimum absolute atomic E-state index is 0.0461. The van der Waals surface area contributed by atoms with E-state index in [1.807, 2.05) is 31.2 Å². The maximum absolute atomic E-state index is 11.6. The number of benzene rings is 1. The van der Waals surface area contributed by atoms with E-state index in [1.54, 1.807) is 11.5 Å². The highest BCUT2D eigenvalue weighted by atomic mass is 32.1. The summed E-state index contributed by atoms with van der Waals surface area (Å²) in [5.74, 6) is 0. The van der Waals surface area contributed by atoms with Crippen LogP contribution in [0.3, 0.4) is 0 Å². The predicted octanol–water partition coefficient (Wildman–Crippen LogP) is 2.44. The van der Waals surface area contributed by atoms with Crippen LogP contribution in [-0.4, -0.2) is 22.1 Å². The Bertz CT molecular complexity index is 746. The van der Waals surface area contributed by atoms with E-state index in [2.05, 4.69) is 10.3 Å². The number of carbonyl (C=O) groups is 1. The van der Waals surface area contributed by atoms with Crippen LogP contribution in [0.5, 0.6) is 0 Å². The molecule has 0 bridgehead atoms. The van der Waals surface area contributed by atoms with Crippen LogP contribution in [0.4, 0.5) is 9.80 Å². The fraction of sp³-hybridized carbons (Fsp3) is 0.286. The summed E-state index contributed by atoms with van der Waals surface area (Å²) < 4.78 is 1.61. The van der Waals surface area contributed by atoms with E-state index < -0.39 is 11.0 Å². The van der Waals surface area contributed by atoms with Gasteiger partial charge in [0.15, 0.2) is 0 Å². The summed E-state index contributed by atoms with van der Waals surface area (Å²) in [4.78, 5) is 26.2. The van der Waals surface area contributed by atoms with Crippen molar-refractivity contribution in [3.63, 3.8) is 0 Å². The molecule has 0 unspecified atom stereocenters. The van der Waals surface area contributed by atoms with E-state index >= 15 is 0 Å². The van der Waals surface area contributed by atoms with Gasteiger partial charge in [-0.25, -0.2) is 4.79 Å². The molecule has 8 heteroatoms. The molecule has 0 aliphatic carbocycles. The van der Waals surface area contributed by atoms with Crippen LogP contribution in [-0.2, 0) is 6.54 Å². The molecule has 0 spiro atoms. The Morgan fingerprint density at radius 1 is 1.41 bits per heavy atom. The molecule has 116 valence electrons. The van der Waals surface area contributed by atoms with Crippen molar-refractivity contribution in [1.29, 1.82) is 0 Å². The van der Waals surface area contributed by atoms with Crippen molar-refractivity contribution in [2.45, 2.75) is 20.4 Å². The third-order valence-corrected chi connectivity index (χ3v) is 3.86. The van der Waals surface area contributed by atoms with Gasteiger partial charge in [0.05, 0.1) is 17.7 Å². The summed E-state index contributed by atoms with van der Waals surface area (Å²) in [6.45, 7) is 4.64. The number of hydrogen-bond acceptors (Lipinski definition) is 4. The lowest BCUT2D eigenvalue weighted by atomic mass is 10.1. The van der Waals surface area contributed by atoms with Crippen molar-refractivity contribution in [3.05, 3.63) is 56.5 Å². The molecule has 0 atom stereocenters. The summed E-state index contributed by atoms with van der Waals surface area (Å²) >= 11 is 0.881. The number of thiazole rings is 1. The SMILES string of the molecule is CCNC(=O)/N=c1\sc([N+](=O)[O-])cn1Cc1ccc(C)cc1. The van der Waals surface area contributed by atoms with Gasteiger partial charge in [-0.05, 0) is 30.7 Å². The molecule has 1 heterocycles. The number of aromatic nitrogens is 1. The molecule has 2 aromatic rings. The number of hydrogen-bond donors (Lipinski definition) is 1. The van der Waals surface area contributed by atoms with E-state index in [4.69, 9.17) is 0 Å². The zero-order valence-corrected chi connectivity index (χ0v) is 13.1. The highest BCUT2D eigenvalue weighted by Gasteiger charge is 2.13. The van der Waals surface area contributed by atoms with Gasteiger partial charge in [0.2, 0.25) is 4.80 Å². The van der Waals surface area contributed by atoms with Gasteiger partial charge in [-0.3, -0.25) is 10.1 Å². The van der Waals surface area contributed by atoms with Gasteiger partial charge in [0.1, 0.15) is 0 Å². The molecule has 0 radical (unpaired) electrons. The Morgan fingerprint density at radius 2 is 2.09 bits per heavy atom. The number of amides is 2. The molecule has 2 rings (SSSR count). The van der Waals surface area contributed by atoms with Crippen molar-refractivity contribution in [3.8, 4) is 0 Å². The standard InChI is InChI=1S/C14H16N4O3S/c1-3-15-13(19)16-14-17(9-12(22-14)18(20)21)8-11-6-4-10(2)5-7-11/h4-7,9H,3,8H2,1-2H3,(H,15,19)/b16-14-. The molecule has 1 aromatic heterocycles. The summed E-state index contributed by atoms with van der Waals surface area (Å²) in [7, 11) is 0. The predicted molar refractivity (Wildman–Crippen MR) is 83.9 cm³/mol. The summed E-state index contributed by atoms with van der Waals surface area (Å²) in [6.07, 6.45) is 1.41. The molecular weight excluding hydrogens is 304 g/mol. The molecule has 0 aliphatic rings. The van der Waals surface area contributed by atoms with Crippen molar-refractivity contribution in [1.82, 2.24) is 9.88 Å². The van der Waals surface area contributed by atoms with Gasteiger partial charge in [-0.1, -0.05) is 29.8 Å². The number of carbonyl (C=O) groups excluding carboxylic acids is 1. The molecule has 0 aliphatic heterocycles. The second kappa shape index (κ2) is 6.99. The second-order valence-corrected chi connectivity index (χ2v) is 5.66. The molecule has 0 saturated heterocycles. The number of nitro groups is 1. The molecule has 0 saturated carbocycles. The van der Waals surface area contributed by atoms with Crippen LogP contribution in [0, 0.1) is 17.0 Å². The minimum Gasteiger partial charge on any atom is -0.336 e. The molecule has 1 aromatic carbocycles. The fourth-order valence-electron chi connectivity index (χ4n) is 1.82. The zero-order valence-electron chi connectivity index (χ0n) is 12.3. The van der Waals surface area contributed by atoms with E-state index in [0.29, 0.717) is 17.9 Å². The van der Waals surface area contributed by atoms with Crippen molar-refractivity contribution in [2.24, 2.45) is 4.99 Å². The van der Waals surface area contributed by atoms with Gasteiger partial charge in [0, 0.05) is 6.54 Å². The van der Waals surface area contributed by atoms with E-state index in [1.165, 1.54) is 6.20 Å². The van der Waals surface area contributed by atoms with Crippen molar-refractivity contribution >= 4 is 22.4 Å². The summed E-state index contributed by atoms with van der Waals surface area (Å²) in [6, 6.07) is 7.33. The highest BCUT2D eigenvalue weighted by Crippen LogP contribution is 2.15. The third kappa shape index (κ3) is 4.01. The van der Waals surface area contributed by atoms with Crippen LogP contribution in [0.2, 0.25) is 0 Å². The smallest absolute Gasteiger partial charge is 0.336 e. The number of nitrogens with one attached hydrogen (secondary N) is 1.